The molecule has 0 radical (unpaired) electrons. The third-order valence-electron chi connectivity index (χ3n) is 4.29. The van der Waals surface area contributed by atoms with Gasteiger partial charge in [-0.15, -0.1) is 0 Å². The van der Waals surface area contributed by atoms with Gasteiger partial charge >= 0.3 is 0 Å². The third-order valence-corrected chi connectivity index (χ3v) is 5.69. The van der Waals surface area contributed by atoms with Crippen molar-refractivity contribution in [2.24, 2.45) is 0 Å². The van der Waals surface area contributed by atoms with Crippen molar-refractivity contribution in [2.75, 3.05) is 19.6 Å². The zero-order valence-electron chi connectivity index (χ0n) is 14.0. The van der Waals surface area contributed by atoms with Crippen molar-refractivity contribution in [1.82, 2.24) is 24.6 Å². The summed E-state index contributed by atoms with van der Waals surface area (Å²) in [7, 11) is -3.68. The summed E-state index contributed by atoms with van der Waals surface area (Å²) < 4.78 is 26.9. The number of rotatable bonds is 5. The first-order valence-electron chi connectivity index (χ1n) is 8.15. The standard InChI is InChI=1S/C16H21N5O3S/c1-13-3-2-4-15(11-13)25(23,24)19-12-16(22)20-9-5-14(6-10-20)21-17-7-8-18-21/h2-4,7-8,11,14,19H,5-6,9-10,12H2,1H3. The van der Waals surface area contributed by atoms with E-state index >= 15 is 0 Å². The topological polar surface area (TPSA) is 97.2 Å². The molecule has 9 heteroatoms. The first-order valence-corrected chi connectivity index (χ1v) is 9.64. The Morgan fingerprint density at radius 3 is 2.56 bits per heavy atom. The van der Waals surface area contributed by atoms with Crippen LogP contribution in [0, 0.1) is 6.92 Å². The summed E-state index contributed by atoms with van der Waals surface area (Å²) in [6.45, 7) is 2.72. The van der Waals surface area contributed by atoms with Crippen molar-refractivity contribution in [1.29, 1.82) is 0 Å². The molecule has 8 nitrogen and oxygen atoms in total. The van der Waals surface area contributed by atoms with Crippen LogP contribution in [0.5, 0.6) is 0 Å². The van der Waals surface area contributed by atoms with Crippen LogP contribution in [-0.2, 0) is 14.8 Å². The number of aryl methyl sites for hydroxylation is 1. The van der Waals surface area contributed by atoms with Gasteiger partial charge < -0.3 is 4.90 Å². The van der Waals surface area contributed by atoms with E-state index in [-0.39, 0.29) is 23.4 Å². The number of hydrogen-bond donors (Lipinski definition) is 1. The summed E-state index contributed by atoms with van der Waals surface area (Å²) in [5.74, 6) is -0.219. The number of amides is 1. The average Bonchev–Trinajstić information content (AvgIpc) is 3.14. The minimum Gasteiger partial charge on any atom is -0.341 e. The van der Waals surface area contributed by atoms with Crippen LogP contribution in [0.25, 0.3) is 0 Å². The molecular formula is C16H21N5O3S. The van der Waals surface area contributed by atoms with Crippen molar-refractivity contribution in [3.63, 3.8) is 0 Å². The Morgan fingerprint density at radius 1 is 1.24 bits per heavy atom. The molecule has 1 N–H and O–H groups in total. The second-order valence-electron chi connectivity index (χ2n) is 6.10. The van der Waals surface area contributed by atoms with Gasteiger partial charge in [0.1, 0.15) is 0 Å². The maximum Gasteiger partial charge on any atom is 0.241 e. The van der Waals surface area contributed by atoms with Gasteiger partial charge in [0.05, 0.1) is 29.9 Å². The zero-order chi connectivity index (χ0) is 17.9. The first kappa shape index (κ1) is 17.6. The Bertz CT molecular complexity index is 827. The van der Waals surface area contributed by atoms with Crippen LogP contribution in [-0.4, -0.2) is 53.9 Å². The largest absolute Gasteiger partial charge is 0.341 e. The highest BCUT2D eigenvalue weighted by Gasteiger charge is 2.25. The first-order chi connectivity index (χ1) is 12.0. The number of sulfonamides is 1. The molecule has 1 amide bonds. The fourth-order valence-corrected chi connectivity index (χ4v) is 3.97. The fourth-order valence-electron chi connectivity index (χ4n) is 2.90. The molecular weight excluding hydrogens is 342 g/mol. The van der Waals surface area contributed by atoms with E-state index in [1.54, 1.807) is 34.2 Å². The number of piperidine rings is 1. The average molecular weight is 363 g/mol. The lowest BCUT2D eigenvalue weighted by Gasteiger charge is -2.31. The molecule has 0 saturated carbocycles. The lowest BCUT2D eigenvalue weighted by molar-refractivity contribution is -0.131. The minimum atomic E-state index is -3.68. The number of nitrogens with one attached hydrogen (secondary N) is 1. The van der Waals surface area contributed by atoms with Gasteiger partial charge in [0.25, 0.3) is 0 Å². The van der Waals surface area contributed by atoms with Crippen LogP contribution in [0.3, 0.4) is 0 Å². The molecule has 3 rings (SSSR count). The van der Waals surface area contributed by atoms with Crippen LogP contribution in [0.4, 0.5) is 0 Å². The Labute approximate surface area is 146 Å². The fraction of sp³-hybridized carbons (Fsp3) is 0.438. The summed E-state index contributed by atoms with van der Waals surface area (Å²) in [4.78, 5) is 15.8. The predicted molar refractivity (Wildman–Crippen MR) is 91.2 cm³/mol. The van der Waals surface area contributed by atoms with Gasteiger partial charge in [-0.3, -0.25) is 4.79 Å². The van der Waals surface area contributed by atoms with E-state index in [0.29, 0.717) is 13.1 Å². The van der Waals surface area contributed by atoms with Crippen LogP contribution < -0.4 is 4.72 Å². The zero-order valence-corrected chi connectivity index (χ0v) is 14.8. The molecule has 0 spiro atoms. The maximum atomic E-state index is 12.3. The highest BCUT2D eigenvalue weighted by Crippen LogP contribution is 2.20. The molecule has 25 heavy (non-hydrogen) atoms. The number of hydrogen-bond acceptors (Lipinski definition) is 5. The molecule has 1 aromatic carbocycles. The molecule has 1 aliphatic heterocycles. The van der Waals surface area contributed by atoms with Gasteiger partial charge in [0, 0.05) is 13.1 Å². The predicted octanol–water partition coefficient (Wildman–Crippen LogP) is 0.729. The van der Waals surface area contributed by atoms with E-state index in [1.165, 1.54) is 6.07 Å². The Balaban J connectivity index is 1.53. The van der Waals surface area contributed by atoms with E-state index in [9.17, 15) is 13.2 Å². The number of nitrogens with zero attached hydrogens (tertiary/aromatic N) is 4. The quantitative estimate of drug-likeness (QED) is 0.845. The van der Waals surface area contributed by atoms with Crippen molar-refractivity contribution in [3.05, 3.63) is 42.2 Å². The molecule has 1 aliphatic rings. The smallest absolute Gasteiger partial charge is 0.241 e. The molecule has 0 bridgehead atoms. The molecule has 2 aromatic rings. The normalized spacial score (nSPS) is 16.1. The number of benzene rings is 1. The van der Waals surface area contributed by atoms with Crippen LogP contribution >= 0.6 is 0 Å². The lowest BCUT2D eigenvalue weighted by atomic mass is 10.1. The molecule has 0 atom stereocenters. The maximum absolute atomic E-state index is 12.3. The van der Waals surface area contributed by atoms with E-state index < -0.39 is 10.0 Å². The molecule has 1 aromatic heterocycles. The Hall–Kier alpha value is -2.26. The minimum absolute atomic E-state index is 0.170. The van der Waals surface area contributed by atoms with Gasteiger partial charge in [-0.2, -0.15) is 15.0 Å². The summed E-state index contributed by atoms with van der Waals surface area (Å²) in [5, 5.41) is 8.26. The SMILES string of the molecule is Cc1cccc(S(=O)(=O)NCC(=O)N2CCC(n3nccn3)CC2)c1. The van der Waals surface area contributed by atoms with Gasteiger partial charge in [-0.1, -0.05) is 12.1 Å². The third kappa shape index (κ3) is 4.23. The number of carbonyl (C=O) groups excluding carboxylic acids is 1. The summed E-state index contributed by atoms with van der Waals surface area (Å²) in [6.07, 6.45) is 4.78. The number of likely N-dealkylation sites (tertiary alicyclic amines) is 1. The van der Waals surface area contributed by atoms with E-state index in [0.717, 1.165) is 18.4 Å². The molecule has 134 valence electrons. The Kier molecular flexibility index (Phi) is 5.14. The molecule has 2 heterocycles. The van der Waals surface area contributed by atoms with Crippen molar-refractivity contribution >= 4 is 15.9 Å². The second kappa shape index (κ2) is 7.32. The van der Waals surface area contributed by atoms with Crippen molar-refractivity contribution in [2.45, 2.75) is 30.7 Å². The number of carbonyl (C=O) groups is 1. The molecule has 1 fully saturated rings. The van der Waals surface area contributed by atoms with Crippen molar-refractivity contribution < 1.29 is 13.2 Å². The summed E-state index contributed by atoms with van der Waals surface area (Å²) in [6, 6.07) is 6.78. The van der Waals surface area contributed by atoms with Crippen LogP contribution in [0.15, 0.2) is 41.6 Å². The van der Waals surface area contributed by atoms with E-state index in [2.05, 4.69) is 14.9 Å². The molecule has 1 saturated heterocycles. The molecule has 0 unspecified atom stereocenters. The monoisotopic (exact) mass is 363 g/mol. The van der Waals surface area contributed by atoms with Crippen LogP contribution in [0.2, 0.25) is 0 Å². The summed E-state index contributed by atoms with van der Waals surface area (Å²) in [5.41, 5.74) is 0.850. The molecule has 0 aliphatic carbocycles. The Morgan fingerprint density at radius 2 is 1.92 bits per heavy atom. The number of aromatic nitrogens is 3. The van der Waals surface area contributed by atoms with Gasteiger partial charge in [-0.25, -0.2) is 13.1 Å². The van der Waals surface area contributed by atoms with Gasteiger partial charge in [-0.05, 0) is 37.5 Å². The van der Waals surface area contributed by atoms with E-state index in [1.807, 2.05) is 13.0 Å². The van der Waals surface area contributed by atoms with Crippen LogP contribution in [0.1, 0.15) is 24.4 Å². The lowest BCUT2D eigenvalue weighted by Crippen LogP contribution is -2.44. The van der Waals surface area contributed by atoms with Gasteiger partial charge in [0.15, 0.2) is 0 Å². The second-order valence-corrected chi connectivity index (χ2v) is 7.87. The highest BCUT2D eigenvalue weighted by atomic mass is 32.2. The van der Waals surface area contributed by atoms with Gasteiger partial charge in [0.2, 0.25) is 15.9 Å². The van der Waals surface area contributed by atoms with E-state index in [4.69, 9.17) is 0 Å². The highest BCUT2D eigenvalue weighted by molar-refractivity contribution is 7.89. The summed E-state index contributed by atoms with van der Waals surface area (Å²) >= 11 is 0. The van der Waals surface area contributed by atoms with Crippen molar-refractivity contribution in [3.8, 4) is 0 Å².